The minimum absolute atomic E-state index is 0.961. The largest absolute Gasteiger partial charge is 0.382 e. The van der Waals surface area contributed by atoms with Gasteiger partial charge in [0.05, 0.1) is 5.69 Å². The summed E-state index contributed by atoms with van der Waals surface area (Å²) >= 11 is 10.7. The molecular weight excluding hydrogens is 438 g/mol. The van der Waals surface area contributed by atoms with Crippen molar-refractivity contribution in [2.45, 2.75) is 0 Å². The summed E-state index contributed by atoms with van der Waals surface area (Å²) < 4.78 is 3.22. The summed E-state index contributed by atoms with van der Waals surface area (Å²) in [6.45, 7) is 6.73. The minimum Gasteiger partial charge on any atom is -0.382 e. The van der Waals surface area contributed by atoms with Crippen LogP contribution in [0.5, 0.6) is 0 Å². The summed E-state index contributed by atoms with van der Waals surface area (Å²) in [5.41, 5.74) is 1.12. The highest BCUT2D eigenvalue weighted by Gasteiger charge is 2.13. The zero-order chi connectivity index (χ0) is 13.8. The summed E-state index contributed by atoms with van der Waals surface area (Å²) in [4.78, 5) is 4.89. The Balaban J connectivity index is 1.83. The van der Waals surface area contributed by atoms with Gasteiger partial charge >= 0.3 is 0 Å². The SMILES string of the molecule is CN1CCN(CCNc2c(Br)cc(Br)cc2Br)CC1. The van der Waals surface area contributed by atoms with Crippen molar-refractivity contribution < 1.29 is 0 Å². The van der Waals surface area contributed by atoms with E-state index >= 15 is 0 Å². The fourth-order valence-electron chi connectivity index (χ4n) is 2.12. The molecule has 1 fully saturated rings. The maximum Gasteiger partial charge on any atom is 0.0630 e. The van der Waals surface area contributed by atoms with Crippen LogP contribution in [0.15, 0.2) is 25.6 Å². The number of benzene rings is 1. The van der Waals surface area contributed by atoms with Gasteiger partial charge < -0.3 is 10.2 Å². The number of hydrogen-bond donors (Lipinski definition) is 1. The van der Waals surface area contributed by atoms with Crippen molar-refractivity contribution in [3.8, 4) is 0 Å². The molecule has 0 aliphatic carbocycles. The van der Waals surface area contributed by atoms with Gasteiger partial charge in [0.1, 0.15) is 0 Å². The molecule has 1 aromatic rings. The Bertz CT molecular complexity index is 408. The van der Waals surface area contributed by atoms with Crippen LogP contribution in [-0.2, 0) is 0 Å². The number of likely N-dealkylation sites (N-methyl/N-ethyl adjacent to an activating group) is 1. The summed E-state index contributed by atoms with van der Waals surface area (Å²) in [5, 5.41) is 3.50. The molecule has 0 aromatic heterocycles. The zero-order valence-electron chi connectivity index (χ0n) is 10.9. The Labute approximate surface area is 140 Å². The molecule has 0 bridgehead atoms. The van der Waals surface area contributed by atoms with Crippen LogP contribution in [0.3, 0.4) is 0 Å². The normalized spacial score (nSPS) is 17.7. The average Bonchev–Trinajstić information content (AvgIpc) is 2.34. The van der Waals surface area contributed by atoms with Crippen LogP contribution in [0.4, 0.5) is 5.69 Å². The van der Waals surface area contributed by atoms with E-state index in [1.807, 2.05) is 0 Å². The minimum atomic E-state index is 0.961. The van der Waals surface area contributed by atoms with Crippen LogP contribution in [-0.4, -0.2) is 56.1 Å². The van der Waals surface area contributed by atoms with Gasteiger partial charge in [-0.1, -0.05) is 15.9 Å². The average molecular weight is 456 g/mol. The van der Waals surface area contributed by atoms with E-state index < -0.39 is 0 Å². The number of rotatable bonds is 4. The maximum atomic E-state index is 3.59. The van der Waals surface area contributed by atoms with E-state index in [2.05, 4.69) is 82.1 Å². The Hall–Kier alpha value is 0.380. The molecule has 2 rings (SSSR count). The van der Waals surface area contributed by atoms with Crippen molar-refractivity contribution in [3.05, 3.63) is 25.6 Å². The van der Waals surface area contributed by atoms with Crippen LogP contribution >= 0.6 is 47.8 Å². The lowest BCUT2D eigenvalue weighted by Gasteiger charge is -2.32. The fourth-order valence-corrected chi connectivity index (χ4v) is 4.66. The van der Waals surface area contributed by atoms with Crippen LogP contribution in [0.1, 0.15) is 0 Å². The molecule has 1 heterocycles. The zero-order valence-corrected chi connectivity index (χ0v) is 15.7. The van der Waals surface area contributed by atoms with E-state index in [0.717, 1.165) is 32.2 Å². The first-order valence-electron chi connectivity index (χ1n) is 6.35. The van der Waals surface area contributed by atoms with Gasteiger partial charge in [-0.15, -0.1) is 0 Å². The standard InChI is InChI=1S/C13H18Br3N3/c1-18-4-6-19(7-5-18)3-2-17-13-11(15)8-10(14)9-12(13)16/h8-9,17H,2-7H2,1H3. The van der Waals surface area contributed by atoms with Gasteiger partial charge in [-0.3, -0.25) is 4.90 Å². The van der Waals surface area contributed by atoms with Gasteiger partial charge in [-0.25, -0.2) is 0 Å². The molecule has 106 valence electrons. The van der Waals surface area contributed by atoms with Crippen molar-refractivity contribution in [1.29, 1.82) is 0 Å². The predicted octanol–water partition coefficient (Wildman–Crippen LogP) is 3.63. The van der Waals surface area contributed by atoms with Gasteiger partial charge in [-0.05, 0) is 51.0 Å². The second-order valence-corrected chi connectivity index (χ2v) is 7.44. The van der Waals surface area contributed by atoms with E-state index in [1.165, 1.54) is 26.2 Å². The molecule has 1 N–H and O–H groups in total. The van der Waals surface area contributed by atoms with Crippen molar-refractivity contribution in [1.82, 2.24) is 9.80 Å². The van der Waals surface area contributed by atoms with Crippen LogP contribution < -0.4 is 5.32 Å². The van der Waals surface area contributed by atoms with Crippen LogP contribution in [0.2, 0.25) is 0 Å². The third-order valence-corrected chi connectivity index (χ3v) is 5.04. The Kier molecular flexibility index (Phi) is 6.14. The van der Waals surface area contributed by atoms with E-state index in [4.69, 9.17) is 0 Å². The highest BCUT2D eigenvalue weighted by molar-refractivity contribution is 9.11. The lowest BCUT2D eigenvalue weighted by atomic mass is 10.3. The number of anilines is 1. The number of halogens is 3. The molecule has 0 saturated carbocycles. The lowest BCUT2D eigenvalue weighted by molar-refractivity contribution is 0.158. The third-order valence-electron chi connectivity index (χ3n) is 3.33. The maximum absolute atomic E-state index is 3.59. The molecule has 3 nitrogen and oxygen atoms in total. The van der Waals surface area contributed by atoms with Crippen LogP contribution in [0, 0.1) is 0 Å². The molecule has 0 amide bonds. The van der Waals surface area contributed by atoms with E-state index in [1.54, 1.807) is 0 Å². The van der Waals surface area contributed by atoms with E-state index in [9.17, 15) is 0 Å². The molecule has 1 aliphatic rings. The molecule has 1 aliphatic heterocycles. The second-order valence-electron chi connectivity index (χ2n) is 4.82. The summed E-state index contributed by atoms with van der Waals surface area (Å²) in [5.74, 6) is 0. The van der Waals surface area contributed by atoms with Gasteiger partial charge in [0.15, 0.2) is 0 Å². The highest BCUT2D eigenvalue weighted by Crippen LogP contribution is 2.34. The van der Waals surface area contributed by atoms with E-state index in [0.29, 0.717) is 0 Å². The van der Waals surface area contributed by atoms with Gasteiger partial charge in [-0.2, -0.15) is 0 Å². The van der Waals surface area contributed by atoms with Crippen molar-refractivity contribution >= 4 is 53.5 Å². The van der Waals surface area contributed by atoms with E-state index in [-0.39, 0.29) is 0 Å². The number of hydrogen-bond acceptors (Lipinski definition) is 3. The Morgan fingerprint density at radius 2 is 1.63 bits per heavy atom. The quantitative estimate of drug-likeness (QED) is 0.748. The van der Waals surface area contributed by atoms with Gasteiger partial charge in [0, 0.05) is 52.7 Å². The number of nitrogens with one attached hydrogen (secondary N) is 1. The number of nitrogens with zero attached hydrogens (tertiary/aromatic N) is 2. The van der Waals surface area contributed by atoms with Crippen LogP contribution in [0.25, 0.3) is 0 Å². The summed E-state index contributed by atoms with van der Waals surface area (Å²) in [6.07, 6.45) is 0. The molecule has 1 aromatic carbocycles. The topological polar surface area (TPSA) is 18.5 Å². The predicted molar refractivity (Wildman–Crippen MR) is 92.0 cm³/mol. The smallest absolute Gasteiger partial charge is 0.0630 e. The van der Waals surface area contributed by atoms with Gasteiger partial charge in [0.25, 0.3) is 0 Å². The van der Waals surface area contributed by atoms with Crippen molar-refractivity contribution in [3.63, 3.8) is 0 Å². The molecular formula is C13H18Br3N3. The highest BCUT2D eigenvalue weighted by atomic mass is 79.9. The van der Waals surface area contributed by atoms with Crippen molar-refractivity contribution in [2.24, 2.45) is 0 Å². The first-order chi connectivity index (χ1) is 9.06. The molecule has 1 saturated heterocycles. The summed E-state index contributed by atoms with van der Waals surface area (Å²) in [7, 11) is 2.19. The number of piperazine rings is 1. The molecule has 0 spiro atoms. The fraction of sp³-hybridized carbons (Fsp3) is 0.538. The van der Waals surface area contributed by atoms with Gasteiger partial charge in [0.2, 0.25) is 0 Å². The Morgan fingerprint density at radius 3 is 2.21 bits per heavy atom. The lowest BCUT2D eigenvalue weighted by Crippen LogP contribution is -2.45. The first-order valence-corrected chi connectivity index (χ1v) is 8.73. The summed E-state index contributed by atoms with van der Waals surface area (Å²) in [6, 6.07) is 4.12. The third kappa shape index (κ3) is 4.70. The molecule has 19 heavy (non-hydrogen) atoms. The monoisotopic (exact) mass is 453 g/mol. The Morgan fingerprint density at radius 1 is 1.05 bits per heavy atom. The molecule has 6 heteroatoms. The molecule has 0 atom stereocenters. The molecule has 0 unspecified atom stereocenters. The van der Waals surface area contributed by atoms with Crippen molar-refractivity contribution in [2.75, 3.05) is 51.6 Å². The molecule has 0 radical (unpaired) electrons. The second kappa shape index (κ2) is 7.41. The first kappa shape index (κ1) is 15.8.